The van der Waals surface area contributed by atoms with Crippen LogP contribution in [0.4, 0.5) is 10.8 Å². The number of benzene rings is 3. The first-order valence-electron chi connectivity index (χ1n) is 11.6. The number of amides is 1. The number of carbonyl (C=O) groups excluding carboxylic acids is 1. The second-order valence-corrected chi connectivity index (χ2v) is 11.6. The van der Waals surface area contributed by atoms with Crippen molar-refractivity contribution in [3.05, 3.63) is 77.3 Å². The minimum absolute atomic E-state index is 0.0803. The highest BCUT2D eigenvalue weighted by molar-refractivity contribution is 7.92. The van der Waals surface area contributed by atoms with E-state index in [0.717, 1.165) is 17.5 Å². The Balaban J connectivity index is 1.41. The number of anilines is 2. The standard InChI is InChI=1S/C26H24ClN3O5S2/c1-34-22-5-2-6-23-24(22)28-26(36-23)30(16-20-4-3-15-35-20)25(31)17-7-11-19(12-8-17)29-37(32,33)21-13-9-18(27)10-14-21/h2,5-14,20,29H,3-4,15-16H2,1H3. The van der Waals surface area contributed by atoms with Gasteiger partial charge in [0.05, 0.1) is 29.4 Å². The molecule has 192 valence electrons. The lowest BCUT2D eigenvalue weighted by Gasteiger charge is -2.23. The molecular formula is C26H24ClN3O5S2. The van der Waals surface area contributed by atoms with Crippen molar-refractivity contribution in [2.45, 2.75) is 23.8 Å². The van der Waals surface area contributed by atoms with Crippen LogP contribution in [0.15, 0.2) is 71.6 Å². The summed E-state index contributed by atoms with van der Waals surface area (Å²) in [7, 11) is -2.21. The smallest absolute Gasteiger partial charge is 0.261 e. The minimum Gasteiger partial charge on any atom is -0.494 e. The second kappa shape index (κ2) is 10.7. The number of rotatable bonds is 8. The van der Waals surface area contributed by atoms with E-state index in [0.29, 0.717) is 45.8 Å². The predicted molar refractivity (Wildman–Crippen MR) is 146 cm³/mol. The molecule has 3 aromatic carbocycles. The SMILES string of the molecule is COc1cccc2sc(N(CC3CCCO3)C(=O)c3ccc(NS(=O)(=O)c4ccc(Cl)cc4)cc3)nc12. The van der Waals surface area contributed by atoms with Crippen LogP contribution in [-0.4, -0.2) is 45.7 Å². The maximum Gasteiger partial charge on any atom is 0.261 e. The first kappa shape index (κ1) is 25.5. The number of fused-ring (bicyclic) bond motifs is 1. The Hall–Kier alpha value is -3.18. The van der Waals surface area contributed by atoms with E-state index in [1.54, 1.807) is 36.3 Å². The Morgan fingerprint density at radius 1 is 1.16 bits per heavy atom. The van der Waals surface area contributed by atoms with Crippen LogP contribution in [0.2, 0.25) is 5.02 Å². The molecule has 5 rings (SSSR count). The highest BCUT2D eigenvalue weighted by Gasteiger charge is 2.27. The third-order valence-corrected chi connectivity index (χ3v) is 8.68. The van der Waals surface area contributed by atoms with Crippen LogP contribution in [0.1, 0.15) is 23.2 Å². The quantitative estimate of drug-likeness (QED) is 0.303. The summed E-state index contributed by atoms with van der Waals surface area (Å²) in [5.74, 6) is 0.391. The number of methoxy groups -OCH3 is 1. The van der Waals surface area contributed by atoms with Gasteiger partial charge >= 0.3 is 0 Å². The fourth-order valence-electron chi connectivity index (χ4n) is 4.10. The van der Waals surface area contributed by atoms with Gasteiger partial charge in [-0.2, -0.15) is 0 Å². The van der Waals surface area contributed by atoms with Crippen LogP contribution < -0.4 is 14.4 Å². The number of nitrogens with zero attached hydrogens (tertiary/aromatic N) is 2. The van der Waals surface area contributed by atoms with E-state index in [4.69, 9.17) is 26.1 Å². The number of thiazole rings is 1. The number of hydrogen-bond donors (Lipinski definition) is 1. The molecular weight excluding hydrogens is 534 g/mol. The Morgan fingerprint density at radius 2 is 1.92 bits per heavy atom. The van der Waals surface area contributed by atoms with Crippen molar-refractivity contribution in [3.63, 3.8) is 0 Å². The molecule has 1 atom stereocenters. The maximum atomic E-state index is 13.7. The fraction of sp³-hybridized carbons (Fsp3) is 0.231. The van der Waals surface area contributed by atoms with Gasteiger partial charge in [0.2, 0.25) is 0 Å². The first-order chi connectivity index (χ1) is 17.8. The van der Waals surface area contributed by atoms with Crippen LogP contribution in [0.5, 0.6) is 5.75 Å². The van der Waals surface area contributed by atoms with Gasteiger partial charge in [0.1, 0.15) is 11.3 Å². The van der Waals surface area contributed by atoms with Crippen molar-refractivity contribution < 1.29 is 22.7 Å². The first-order valence-corrected chi connectivity index (χ1v) is 14.3. The molecule has 0 spiro atoms. The Morgan fingerprint density at radius 3 is 2.59 bits per heavy atom. The number of nitrogens with one attached hydrogen (secondary N) is 1. The Kier molecular flexibility index (Phi) is 7.34. The zero-order chi connectivity index (χ0) is 26.0. The van der Waals surface area contributed by atoms with E-state index in [1.807, 2.05) is 18.2 Å². The summed E-state index contributed by atoms with van der Waals surface area (Å²) in [5, 5.41) is 0.994. The Bertz CT molecular complexity index is 1520. The fourth-order valence-corrected chi connectivity index (χ4v) is 6.27. The summed E-state index contributed by atoms with van der Waals surface area (Å²) in [6.45, 7) is 1.04. The molecule has 1 saturated heterocycles. The molecule has 1 fully saturated rings. The molecule has 8 nitrogen and oxygen atoms in total. The van der Waals surface area contributed by atoms with Crippen molar-refractivity contribution in [1.82, 2.24) is 4.98 Å². The van der Waals surface area contributed by atoms with E-state index < -0.39 is 10.0 Å². The summed E-state index contributed by atoms with van der Waals surface area (Å²) in [6.07, 6.45) is 1.73. The number of para-hydroxylation sites is 1. The molecule has 0 saturated carbocycles. The largest absolute Gasteiger partial charge is 0.494 e. The van der Waals surface area contributed by atoms with Crippen molar-refractivity contribution in [3.8, 4) is 5.75 Å². The van der Waals surface area contributed by atoms with Gasteiger partial charge in [0, 0.05) is 22.9 Å². The summed E-state index contributed by atoms with van der Waals surface area (Å²) in [4.78, 5) is 20.1. The number of hydrogen-bond acceptors (Lipinski definition) is 7. The van der Waals surface area contributed by atoms with Gasteiger partial charge in [-0.3, -0.25) is 14.4 Å². The number of sulfonamides is 1. The van der Waals surface area contributed by atoms with E-state index in [1.165, 1.54) is 35.6 Å². The van der Waals surface area contributed by atoms with Crippen LogP contribution in [0, 0.1) is 0 Å². The molecule has 0 bridgehead atoms. The van der Waals surface area contributed by atoms with Crippen molar-refractivity contribution in [1.29, 1.82) is 0 Å². The topological polar surface area (TPSA) is 97.8 Å². The average molecular weight is 558 g/mol. The summed E-state index contributed by atoms with van der Waals surface area (Å²) in [6, 6.07) is 17.9. The van der Waals surface area contributed by atoms with Crippen LogP contribution in [0.3, 0.4) is 0 Å². The third kappa shape index (κ3) is 5.57. The molecule has 1 N–H and O–H groups in total. The van der Waals surface area contributed by atoms with E-state index in [-0.39, 0.29) is 16.9 Å². The van der Waals surface area contributed by atoms with Crippen molar-refractivity contribution >= 4 is 59.9 Å². The normalized spacial score (nSPS) is 15.6. The van der Waals surface area contributed by atoms with E-state index >= 15 is 0 Å². The van der Waals surface area contributed by atoms with Gasteiger partial charge in [-0.1, -0.05) is 29.0 Å². The zero-order valence-electron chi connectivity index (χ0n) is 19.9. The predicted octanol–water partition coefficient (Wildman–Crippen LogP) is 5.58. The van der Waals surface area contributed by atoms with Gasteiger partial charge < -0.3 is 9.47 Å². The summed E-state index contributed by atoms with van der Waals surface area (Å²) in [5.41, 5.74) is 1.43. The molecule has 0 aliphatic carbocycles. The van der Waals surface area contributed by atoms with Crippen LogP contribution in [-0.2, 0) is 14.8 Å². The molecule has 1 aromatic heterocycles. The van der Waals surface area contributed by atoms with E-state index in [9.17, 15) is 13.2 Å². The number of ether oxygens (including phenoxy) is 2. The van der Waals surface area contributed by atoms with E-state index in [2.05, 4.69) is 4.72 Å². The van der Waals surface area contributed by atoms with Gasteiger partial charge in [-0.15, -0.1) is 0 Å². The van der Waals surface area contributed by atoms with Crippen LogP contribution >= 0.6 is 22.9 Å². The summed E-state index contributed by atoms with van der Waals surface area (Å²) < 4.78 is 40.1. The second-order valence-electron chi connectivity index (χ2n) is 8.49. The lowest BCUT2D eigenvalue weighted by atomic mass is 10.1. The van der Waals surface area contributed by atoms with Crippen molar-refractivity contribution in [2.24, 2.45) is 0 Å². The molecule has 4 aromatic rings. The molecule has 1 aliphatic rings. The molecule has 37 heavy (non-hydrogen) atoms. The molecule has 1 unspecified atom stereocenters. The van der Waals surface area contributed by atoms with Crippen LogP contribution in [0.25, 0.3) is 10.2 Å². The molecule has 1 amide bonds. The molecule has 2 heterocycles. The minimum atomic E-state index is -3.80. The zero-order valence-corrected chi connectivity index (χ0v) is 22.3. The number of halogens is 1. The van der Waals surface area contributed by atoms with Gasteiger partial charge in [-0.05, 0) is 73.5 Å². The lowest BCUT2D eigenvalue weighted by Crippen LogP contribution is -2.37. The molecule has 0 radical (unpaired) electrons. The van der Waals surface area contributed by atoms with Gasteiger partial charge in [0.15, 0.2) is 5.13 Å². The summed E-state index contributed by atoms with van der Waals surface area (Å²) >= 11 is 7.27. The number of carbonyl (C=O) groups is 1. The highest BCUT2D eigenvalue weighted by atomic mass is 35.5. The number of aromatic nitrogens is 1. The molecule has 1 aliphatic heterocycles. The lowest BCUT2D eigenvalue weighted by molar-refractivity contribution is 0.0917. The van der Waals surface area contributed by atoms with Gasteiger partial charge in [-0.25, -0.2) is 13.4 Å². The molecule has 11 heteroatoms. The van der Waals surface area contributed by atoms with Crippen molar-refractivity contribution in [2.75, 3.05) is 29.9 Å². The Labute approximate surface area is 223 Å². The highest BCUT2D eigenvalue weighted by Crippen LogP contribution is 2.35. The van der Waals surface area contributed by atoms with Gasteiger partial charge in [0.25, 0.3) is 15.9 Å². The monoisotopic (exact) mass is 557 g/mol. The maximum absolute atomic E-state index is 13.7. The third-order valence-electron chi connectivity index (χ3n) is 5.98. The average Bonchev–Trinajstić information content (AvgIpc) is 3.57.